The fourth-order valence-electron chi connectivity index (χ4n) is 2.08. The van der Waals surface area contributed by atoms with Gasteiger partial charge in [0.15, 0.2) is 0 Å². The van der Waals surface area contributed by atoms with Crippen LogP contribution in [0.1, 0.15) is 44.7 Å². The summed E-state index contributed by atoms with van der Waals surface area (Å²) in [4.78, 5) is 14.2. The summed E-state index contributed by atoms with van der Waals surface area (Å²) in [6.07, 6.45) is 3.19. The van der Waals surface area contributed by atoms with Gasteiger partial charge in [0.1, 0.15) is 5.82 Å². The van der Waals surface area contributed by atoms with Gasteiger partial charge in [-0.15, -0.1) is 0 Å². The first kappa shape index (κ1) is 12.0. The van der Waals surface area contributed by atoms with Crippen molar-refractivity contribution in [2.45, 2.75) is 44.6 Å². The van der Waals surface area contributed by atoms with E-state index in [1.54, 1.807) is 12.1 Å². The summed E-state index contributed by atoms with van der Waals surface area (Å²) in [7, 11) is 0. The molecule has 0 heterocycles. The van der Waals surface area contributed by atoms with Crippen LogP contribution in [0, 0.1) is 5.82 Å². The highest BCUT2D eigenvalue weighted by atomic mass is 19.1. The summed E-state index contributed by atoms with van der Waals surface area (Å²) in [5, 5.41) is 0. The van der Waals surface area contributed by atoms with Crippen molar-refractivity contribution >= 4 is 6.08 Å². The molecule has 1 aliphatic carbocycles. The molecule has 1 saturated carbocycles. The second-order valence-corrected chi connectivity index (χ2v) is 5.68. The molecule has 0 atom stereocenters. The standard InChI is InChI=1S/C14H16FNO/c1-13(2,3)11-5-4-10(8-12(11)15)14(6-7-14)16-9-17/h4-5,8H,6-7H2,1-3H3. The number of carbonyl (C=O) groups excluding carboxylic acids is 1. The zero-order valence-electron chi connectivity index (χ0n) is 10.4. The molecule has 0 amide bonds. The lowest BCUT2D eigenvalue weighted by molar-refractivity contribution is 0.519. The average Bonchev–Trinajstić information content (AvgIpc) is 2.97. The Balaban J connectivity index is 2.42. The van der Waals surface area contributed by atoms with E-state index < -0.39 is 5.54 Å². The lowest BCUT2D eigenvalue weighted by Crippen LogP contribution is -2.14. The summed E-state index contributed by atoms with van der Waals surface area (Å²) < 4.78 is 14.0. The minimum Gasteiger partial charge on any atom is -0.211 e. The van der Waals surface area contributed by atoms with E-state index >= 15 is 0 Å². The van der Waals surface area contributed by atoms with Crippen LogP contribution in [-0.4, -0.2) is 6.08 Å². The van der Waals surface area contributed by atoms with Crippen LogP contribution in [-0.2, 0) is 15.7 Å². The molecule has 0 saturated heterocycles. The molecule has 3 heteroatoms. The molecule has 0 aromatic heterocycles. The van der Waals surface area contributed by atoms with Gasteiger partial charge in [0.2, 0.25) is 6.08 Å². The number of benzene rings is 1. The van der Waals surface area contributed by atoms with Crippen LogP contribution >= 0.6 is 0 Å². The second-order valence-electron chi connectivity index (χ2n) is 5.68. The number of hydrogen-bond donors (Lipinski definition) is 0. The summed E-state index contributed by atoms with van der Waals surface area (Å²) >= 11 is 0. The third kappa shape index (κ3) is 2.16. The maximum Gasteiger partial charge on any atom is 0.235 e. The second kappa shape index (κ2) is 3.78. The SMILES string of the molecule is CC(C)(C)c1ccc(C2(N=C=O)CC2)cc1F. The van der Waals surface area contributed by atoms with Crippen molar-refractivity contribution in [3.05, 3.63) is 35.1 Å². The number of nitrogens with zero attached hydrogens (tertiary/aromatic N) is 1. The molecule has 17 heavy (non-hydrogen) atoms. The monoisotopic (exact) mass is 233 g/mol. The van der Waals surface area contributed by atoms with Gasteiger partial charge in [-0.05, 0) is 35.4 Å². The predicted molar refractivity (Wildman–Crippen MR) is 64.1 cm³/mol. The number of hydrogen-bond acceptors (Lipinski definition) is 2. The Hall–Kier alpha value is -1.47. The molecule has 0 bridgehead atoms. The number of aliphatic imine (C=N–C) groups is 1. The Bertz CT molecular complexity index is 491. The Morgan fingerprint density at radius 1 is 1.35 bits per heavy atom. The highest BCUT2D eigenvalue weighted by Gasteiger charge is 2.45. The van der Waals surface area contributed by atoms with Crippen LogP contribution in [0.2, 0.25) is 0 Å². The topological polar surface area (TPSA) is 29.4 Å². The highest BCUT2D eigenvalue weighted by molar-refractivity contribution is 5.42. The Labute approximate surface area is 101 Å². The molecule has 1 aromatic carbocycles. The molecule has 0 N–H and O–H groups in total. The van der Waals surface area contributed by atoms with Crippen LogP contribution in [0.5, 0.6) is 0 Å². The quantitative estimate of drug-likeness (QED) is 0.568. The van der Waals surface area contributed by atoms with E-state index in [-0.39, 0.29) is 11.2 Å². The van der Waals surface area contributed by atoms with Crippen LogP contribution in [0.4, 0.5) is 4.39 Å². The van der Waals surface area contributed by atoms with Crippen LogP contribution < -0.4 is 0 Å². The third-order valence-electron chi connectivity index (χ3n) is 3.30. The van der Waals surface area contributed by atoms with Crippen LogP contribution in [0.3, 0.4) is 0 Å². The third-order valence-corrected chi connectivity index (χ3v) is 3.30. The Morgan fingerprint density at radius 3 is 2.41 bits per heavy atom. The minimum atomic E-state index is -0.487. The van der Waals surface area contributed by atoms with Crippen molar-refractivity contribution in [2.24, 2.45) is 4.99 Å². The number of rotatable bonds is 2. The predicted octanol–water partition coefficient (Wildman–Crippen LogP) is 3.45. The number of halogens is 1. The molecule has 0 unspecified atom stereocenters. The van der Waals surface area contributed by atoms with Gasteiger partial charge in [-0.25, -0.2) is 9.18 Å². The van der Waals surface area contributed by atoms with E-state index in [0.717, 1.165) is 18.4 Å². The molecule has 0 spiro atoms. The van der Waals surface area contributed by atoms with E-state index in [1.807, 2.05) is 26.8 Å². The lowest BCUT2D eigenvalue weighted by Gasteiger charge is -2.21. The molecule has 2 rings (SSSR count). The van der Waals surface area contributed by atoms with Gasteiger partial charge in [0.25, 0.3) is 0 Å². The van der Waals surface area contributed by atoms with Gasteiger partial charge in [0, 0.05) is 0 Å². The van der Waals surface area contributed by atoms with Crippen molar-refractivity contribution in [3.8, 4) is 0 Å². The first-order valence-corrected chi connectivity index (χ1v) is 5.79. The molecule has 1 aliphatic rings. The highest BCUT2D eigenvalue weighted by Crippen LogP contribution is 2.49. The van der Waals surface area contributed by atoms with Crippen molar-refractivity contribution in [3.63, 3.8) is 0 Å². The maximum absolute atomic E-state index is 14.0. The lowest BCUT2D eigenvalue weighted by atomic mass is 9.85. The molecule has 2 nitrogen and oxygen atoms in total. The summed E-state index contributed by atoms with van der Waals surface area (Å²) in [6.45, 7) is 5.92. The van der Waals surface area contributed by atoms with Gasteiger partial charge < -0.3 is 0 Å². The van der Waals surface area contributed by atoms with Crippen molar-refractivity contribution in [2.75, 3.05) is 0 Å². The zero-order chi connectivity index (χ0) is 12.7. The molecule has 1 fully saturated rings. The van der Waals surface area contributed by atoms with E-state index in [4.69, 9.17) is 0 Å². The summed E-state index contributed by atoms with van der Waals surface area (Å²) in [6, 6.07) is 5.18. The van der Waals surface area contributed by atoms with Gasteiger partial charge in [-0.2, -0.15) is 4.99 Å². The van der Waals surface area contributed by atoms with Crippen molar-refractivity contribution in [1.29, 1.82) is 0 Å². The first-order valence-electron chi connectivity index (χ1n) is 5.79. The van der Waals surface area contributed by atoms with Crippen LogP contribution in [0.25, 0.3) is 0 Å². The molecule has 1 aromatic rings. The summed E-state index contributed by atoms with van der Waals surface area (Å²) in [5.41, 5.74) is 0.769. The zero-order valence-corrected chi connectivity index (χ0v) is 10.4. The average molecular weight is 233 g/mol. The van der Waals surface area contributed by atoms with E-state index in [0.29, 0.717) is 5.56 Å². The van der Waals surface area contributed by atoms with Gasteiger partial charge >= 0.3 is 0 Å². The summed E-state index contributed by atoms with van der Waals surface area (Å²) in [5.74, 6) is -0.220. The fraction of sp³-hybridized carbons (Fsp3) is 0.500. The van der Waals surface area contributed by atoms with Crippen molar-refractivity contribution < 1.29 is 9.18 Å². The van der Waals surface area contributed by atoms with Crippen molar-refractivity contribution in [1.82, 2.24) is 0 Å². The van der Waals surface area contributed by atoms with E-state index in [1.165, 1.54) is 6.07 Å². The van der Waals surface area contributed by atoms with E-state index in [9.17, 15) is 9.18 Å². The Morgan fingerprint density at radius 2 is 2.00 bits per heavy atom. The molecule has 90 valence electrons. The smallest absolute Gasteiger partial charge is 0.211 e. The van der Waals surface area contributed by atoms with E-state index in [2.05, 4.69) is 4.99 Å². The molecular weight excluding hydrogens is 217 g/mol. The minimum absolute atomic E-state index is 0.215. The largest absolute Gasteiger partial charge is 0.235 e. The fourth-order valence-corrected chi connectivity index (χ4v) is 2.08. The van der Waals surface area contributed by atoms with Gasteiger partial charge in [0.05, 0.1) is 5.54 Å². The molecule has 0 aliphatic heterocycles. The normalized spacial score (nSPS) is 17.4. The number of isocyanates is 1. The van der Waals surface area contributed by atoms with Gasteiger partial charge in [-0.3, -0.25) is 0 Å². The molecular formula is C14H16FNO. The first-order chi connectivity index (χ1) is 7.89. The van der Waals surface area contributed by atoms with Crippen LogP contribution in [0.15, 0.2) is 23.2 Å². The molecule has 0 radical (unpaired) electrons. The van der Waals surface area contributed by atoms with Gasteiger partial charge in [-0.1, -0.05) is 32.9 Å². The Kier molecular flexibility index (Phi) is 2.67. The maximum atomic E-state index is 14.0.